The Morgan fingerprint density at radius 1 is 1.29 bits per heavy atom. The van der Waals surface area contributed by atoms with Gasteiger partial charge in [-0.1, -0.05) is 42.1 Å². The highest BCUT2D eigenvalue weighted by atomic mass is 32.2. The number of amides is 1. The second-order valence-corrected chi connectivity index (χ2v) is 6.92. The van der Waals surface area contributed by atoms with Gasteiger partial charge in [0.1, 0.15) is 0 Å². The van der Waals surface area contributed by atoms with Crippen LogP contribution in [-0.4, -0.2) is 55.9 Å². The van der Waals surface area contributed by atoms with Gasteiger partial charge in [0.15, 0.2) is 0 Å². The van der Waals surface area contributed by atoms with Crippen molar-refractivity contribution >= 4 is 17.7 Å². The van der Waals surface area contributed by atoms with E-state index in [2.05, 4.69) is 50.0 Å². The van der Waals surface area contributed by atoms with Gasteiger partial charge in [-0.05, 0) is 28.8 Å². The molecule has 0 bridgehead atoms. The topological polar surface area (TPSA) is 75.9 Å². The number of likely N-dealkylation sites (tertiary alicyclic amines) is 1. The van der Waals surface area contributed by atoms with Gasteiger partial charge in [0, 0.05) is 32.7 Å². The standard InChI is InChI=1S/C16H22N6OS/c1-21-16(18-19-20-21)24-12-15(23)17-14-7-9-22(10-8-14)11-13-5-3-2-4-6-13/h2-6,14H,7-12H2,1H3,(H,17,23). The zero-order chi connectivity index (χ0) is 16.8. The van der Waals surface area contributed by atoms with E-state index >= 15 is 0 Å². The maximum absolute atomic E-state index is 12.1. The minimum Gasteiger partial charge on any atom is -0.353 e. The van der Waals surface area contributed by atoms with Crippen LogP contribution in [0.3, 0.4) is 0 Å². The van der Waals surface area contributed by atoms with Gasteiger partial charge in [0.25, 0.3) is 0 Å². The fraction of sp³-hybridized carbons (Fsp3) is 0.500. The molecule has 0 spiro atoms. The lowest BCUT2D eigenvalue weighted by molar-refractivity contribution is -0.119. The van der Waals surface area contributed by atoms with Gasteiger partial charge in [0.05, 0.1) is 5.75 Å². The fourth-order valence-corrected chi connectivity index (χ4v) is 3.48. The molecule has 1 aliphatic rings. The van der Waals surface area contributed by atoms with Crippen LogP contribution < -0.4 is 5.32 Å². The highest BCUT2D eigenvalue weighted by Gasteiger charge is 2.21. The molecule has 1 amide bonds. The lowest BCUT2D eigenvalue weighted by Gasteiger charge is -2.32. The summed E-state index contributed by atoms with van der Waals surface area (Å²) in [5.41, 5.74) is 1.34. The number of tetrazole rings is 1. The molecule has 0 atom stereocenters. The van der Waals surface area contributed by atoms with E-state index in [0.717, 1.165) is 32.5 Å². The summed E-state index contributed by atoms with van der Waals surface area (Å²) in [5, 5.41) is 15.0. The molecular formula is C16H22N6OS. The Balaban J connectivity index is 1.37. The van der Waals surface area contributed by atoms with E-state index in [0.29, 0.717) is 10.9 Å². The van der Waals surface area contributed by atoms with Crippen molar-refractivity contribution in [3.63, 3.8) is 0 Å². The zero-order valence-electron chi connectivity index (χ0n) is 13.8. The molecule has 0 radical (unpaired) electrons. The maximum atomic E-state index is 12.1. The fourth-order valence-electron chi connectivity index (χ4n) is 2.82. The van der Waals surface area contributed by atoms with Crippen LogP contribution in [-0.2, 0) is 18.4 Å². The third kappa shape index (κ3) is 4.78. The molecule has 0 aliphatic carbocycles. The summed E-state index contributed by atoms with van der Waals surface area (Å²) in [5.74, 6) is 0.392. The Kier molecular flexibility index (Phi) is 5.81. The first-order valence-corrected chi connectivity index (χ1v) is 9.10. The Morgan fingerprint density at radius 2 is 2.04 bits per heavy atom. The van der Waals surface area contributed by atoms with Crippen LogP contribution in [0.15, 0.2) is 35.5 Å². The van der Waals surface area contributed by atoms with Gasteiger partial charge in [-0.25, -0.2) is 4.68 Å². The van der Waals surface area contributed by atoms with Crippen LogP contribution in [0.2, 0.25) is 0 Å². The van der Waals surface area contributed by atoms with Crippen molar-refractivity contribution in [3.8, 4) is 0 Å². The molecule has 3 rings (SSSR count). The number of carbonyl (C=O) groups is 1. The van der Waals surface area contributed by atoms with E-state index in [9.17, 15) is 4.79 Å². The number of carbonyl (C=O) groups excluding carboxylic acids is 1. The lowest BCUT2D eigenvalue weighted by Crippen LogP contribution is -2.44. The van der Waals surface area contributed by atoms with E-state index in [1.807, 2.05) is 6.07 Å². The maximum Gasteiger partial charge on any atom is 0.230 e. The molecule has 0 saturated carbocycles. The van der Waals surface area contributed by atoms with E-state index in [-0.39, 0.29) is 11.9 Å². The molecular weight excluding hydrogens is 324 g/mol. The highest BCUT2D eigenvalue weighted by Crippen LogP contribution is 2.15. The van der Waals surface area contributed by atoms with Crippen LogP contribution in [0.4, 0.5) is 0 Å². The van der Waals surface area contributed by atoms with Crippen molar-refractivity contribution < 1.29 is 4.79 Å². The highest BCUT2D eigenvalue weighted by molar-refractivity contribution is 7.99. The number of piperidine rings is 1. The summed E-state index contributed by atoms with van der Waals surface area (Å²) < 4.78 is 1.57. The van der Waals surface area contributed by atoms with Gasteiger partial charge in [0.2, 0.25) is 11.1 Å². The zero-order valence-corrected chi connectivity index (χ0v) is 14.6. The third-order valence-corrected chi connectivity index (χ3v) is 5.13. The van der Waals surface area contributed by atoms with Crippen molar-refractivity contribution in [3.05, 3.63) is 35.9 Å². The predicted octanol–water partition coefficient (Wildman–Crippen LogP) is 1.08. The number of aromatic nitrogens is 4. The number of nitrogens with one attached hydrogen (secondary N) is 1. The van der Waals surface area contributed by atoms with Gasteiger partial charge in [-0.3, -0.25) is 9.69 Å². The number of benzene rings is 1. The molecule has 1 saturated heterocycles. The average molecular weight is 346 g/mol. The van der Waals surface area contributed by atoms with Crippen LogP contribution in [0, 0.1) is 0 Å². The number of hydrogen-bond acceptors (Lipinski definition) is 6. The number of rotatable bonds is 6. The molecule has 7 nitrogen and oxygen atoms in total. The Morgan fingerprint density at radius 3 is 2.71 bits per heavy atom. The molecule has 24 heavy (non-hydrogen) atoms. The Bertz CT molecular complexity index is 654. The summed E-state index contributed by atoms with van der Waals surface area (Å²) in [6, 6.07) is 10.8. The molecule has 0 unspecified atom stereocenters. The smallest absolute Gasteiger partial charge is 0.230 e. The molecule has 128 valence electrons. The van der Waals surface area contributed by atoms with E-state index in [4.69, 9.17) is 0 Å². The molecule has 1 aromatic carbocycles. The van der Waals surface area contributed by atoms with E-state index < -0.39 is 0 Å². The van der Waals surface area contributed by atoms with Crippen molar-refractivity contribution in [2.45, 2.75) is 30.6 Å². The minimum atomic E-state index is 0.0458. The van der Waals surface area contributed by atoms with E-state index in [1.165, 1.54) is 17.3 Å². The minimum absolute atomic E-state index is 0.0458. The summed E-state index contributed by atoms with van der Waals surface area (Å²) in [6.07, 6.45) is 1.99. The molecule has 1 fully saturated rings. The first kappa shape index (κ1) is 16.9. The van der Waals surface area contributed by atoms with Gasteiger partial charge >= 0.3 is 0 Å². The SMILES string of the molecule is Cn1nnnc1SCC(=O)NC1CCN(Cc2ccccc2)CC1. The predicted molar refractivity (Wildman–Crippen MR) is 92.4 cm³/mol. The summed E-state index contributed by atoms with van der Waals surface area (Å²) in [6.45, 7) is 3.01. The number of nitrogens with zero attached hydrogens (tertiary/aromatic N) is 5. The molecule has 1 aliphatic heterocycles. The summed E-state index contributed by atoms with van der Waals surface area (Å²) in [7, 11) is 1.77. The third-order valence-electron chi connectivity index (χ3n) is 4.12. The second-order valence-electron chi connectivity index (χ2n) is 5.98. The molecule has 1 aromatic heterocycles. The molecule has 8 heteroatoms. The summed E-state index contributed by atoms with van der Waals surface area (Å²) in [4.78, 5) is 14.5. The van der Waals surface area contributed by atoms with Crippen LogP contribution >= 0.6 is 11.8 Å². The van der Waals surface area contributed by atoms with Crippen molar-refractivity contribution in [2.75, 3.05) is 18.8 Å². The van der Waals surface area contributed by atoms with Crippen molar-refractivity contribution in [2.24, 2.45) is 7.05 Å². The first-order valence-electron chi connectivity index (χ1n) is 8.11. The second kappa shape index (κ2) is 8.25. The molecule has 1 N–H and O–H groups in total. The van der Waals surface area contributed by atoms with Crippen LogP contribution in [0.25, 0.3) is 0 Å². The average Bonchev–Trinajstić information content (AvgIpc) is 3.01. The number of thioether (sulfide) groups is 1. The van der Waals surface area contributed by atoms with Crippen molar-refractivity contribution in [1.82, 2.24) is 30.4 Å². The quantitative estimate of drug-likeness (QED) is 0.789. The number of hydrogen-bond donors (Lipinski definition) is 1. The molecule has 2 heterocycles. The van der Waals surface area contributed by atoms with Crippen LogP contribution in [0.1, 0.15) is 18.4 Å². The monoisotopic (exact) mass is 346 g/mol. The first-order chi connectivity index (χ1) is 11.7. The lowest BCUT2D eigenvalue weighted by atomic mass is 10.0. The largest absolute Gasteiger partial charge is 0.353 e. The van der Waals surface area contributed by atoms with Crippen molar-refractivity contribution in [1.29, 1.82) is 0 Å². The normalized spacial score (nSPS) is 16.2. The molecule has 2 aromatic rings. The summed E-state index contributed by atoms with van der Waals surface area (Å²) >= 11 is 1.36. The Hall–Kier alpha value is -1.93. The van der Waals surface area contributed by atoms with E-state index in [1.54, 1.807) is 11.7 Å². The van der Waals surface area contributed by atoms with Crippen LogP contribution in [0.5, 0.6) is 0 Å². The Labute approximate surface area is 145 Å². The van der Waals surface area contributed by atoms with Gasteiger partial charge in [-0.15, -0.1) is 5.10 Å². The van der Waals surface area contributed by atoms with Gasteiger partial charge in [-0.2, -0.15) is 0 Å². The van der Waals surface area contributed by atoms with Gasteiger partial charge < -0.3 is 5.32 Å². The number of aryl methyl sites for hydroxylation is 1.